The standard InChI is InChI=1S/C19H16N4O2/c24-19(20-10-13-2-1-7-25-13)11-3-5-14-15-6-4-12-9-21-23-17(12)18(15)22-16(14)8-11/h1-3,5,7-9,22H,4,6,10H2,(H,20,24)(H,21,23). The van der Waals surface area contributed by atoms with E-state index in [0.29, 0.717) is 12.1 Å². The summed E-state index contributed by atoms with van der Waals surface area (Å²) in [4.78, 5) is 15.9. The fourth-order valence-corrected chi connectivity index (χ4v) is 3.53. The van der Waals surface area contributed by atoms with Crippen molar-refractivity contribution in [2.24, 2.45) is 0 Å². The molecule has 0 radical (unpaired) electrons. The Labute approximate surface area is 143 Å². The SMILES string of the molecule is O=C(NCc1ccco1)c1ccc2c3c([nH]c2c1)-c1[nH]ncc1CC3. The number of aromatic amines is 2. The number of amides is 1. The second kappa shape index (κ2) is 5.37. The first-order valence-corrected chi connectivity index (χ1v) is 8.27. The maximum Gasteiger partial charge on any atom is 0.251 e. The lowest BCUT2D eigenvalue weighted by Crippen LogP contribution is -2.22. The molecule has 4 aromatic rings. The van der Waals surface area contributed by atoms with Crippen molar-refractivity contribution in [1.29, 1.82) is 0 Å². The summed E-state index contributed by atoms with van der Waals surface area (Å²) in [5, 5.41) is 11.3. The van der Waals surface area contributed by atoms with Crippen molar-refractivity contribution in [3.05, 3.63) is 65.2 Å². The molecule has 3 aromatic heterocycles. The summed E-state index contributed by atoms with van der Waals surface area (Å²) in [6.07, 6.45) is 5.45. The number of aromatic nitrogens is 3. The molecule has 0 unspecified atom stereocenters. The zero-order valence-electron chi connectivity index (χ0n) is 13.4. The van der Waals surface area contributed by atoms with E-state index in [0.717, 1.165) is 40.9 Å². The van der Waals surface area contributed by atoms with Gasteiger partial charge in [0.1, 0.15) is 5.76 Å². The first-order chi connectivity index (χ1) is 12.3. The number of nitrogens with zero attached hydrogens (tertiary/aromatic N) is 1. The summed E-state index contributed by atoms with van der Waals surface area (Å²) in [6.45, 7) is 0.378. The molecule has 5 rings (SSSR count). The minimum atomic E-state index is -0.117. The zero-order chi connectivity index (χ0) is 16.8. The van der Waals surface area contributed by atoms with Crippen molar-refractivity contribution in [3.8, 4) is 11.4 Å². The van der Waals surface area contributed by atoms with Crippen LogP contribution in [0.4, 0.5) is 0 Å². The molecule has 3 heterocycles. The van der Waals surface area contributed by atoms with Gasteiger partial charge in [-0.2, -0.15) is 5.10 Å². The number of hydrogen-bond acceptors (Lipinski definition) is 3. The monoisotopic (exact) mass is 332 g/mol. The number of carbonyl (C=O) groups excluding carboxylic acids is 1. The lowest BCUT2D eigenvalue weighted by atomic mass is 9.94. The third kappa shape index (κ3) is 2.26. The summed E-state index contributed by atoms with van der Waals surface area (Å²) in [6, 6.07) is 9.44. The summed E-state index contributed by atoms with van der Waals surface area (Å²) >= 11 is 0. The fraction of sp³-hybridized carbons (Fsp3) is 0.158. The maximum atomic E-state index is 12.4. The molecule has 6 heteroatoms. The largest absolute Gasteiger partial charge is 0.467 e. The summed E-state index contributed by atoms with van der Waals surface area (Å²) in [5.41, 5.74) is 6.26. The van der Waals surface area contributed by atoms with E-state index in [1.54, 1.807) is 12.3 Å². The Morgan fingerprint density at radius 1 is 1.24 bits per heavy atom. The highest BCUT2D eigenvalue weighted by Gasteiger charge is 2.22. The van der Waals surface area contributed by atoms with Gasteiger partial charge in [-0.3, -0.25) is 9.89 Å². The molecule has 25 heavy (non-hydrogen) atoms. The quantitative estimate of drug-likeness (QED) is 0.538. The highest BCUT2D eigenvalue weighted by Crippen LogP contribution is 2.36. The predicted molar refractivity (Wildman–Crippen MR) is 93.2 cm³/mol. The molecule has 0 spiro atoms. The van der Waals surface area contributed by atoms with Crippen LogP contribution in [-0.4, -0.2) is 21.1 Å². The lowest BCUT2D eigenvalue weighted by molar-refractivity contribution is 0.0948. The maximum absolute atomic E-state index is 12.4. The van der Waals surface area contributed by atoms with Crippen molar-refractivity contribution in [2.45, 2.75) is 19.4 Å². The summed E-state index contributed by atoms with van der Waals surface area (Å²) in [7, 11) is 0. The van der Waals surface area contributed by atoms with E-state index < -0.39 is 0 Å². The molecule has 0 aliphatic heterocycles. The Bertz CT molecular complexity index is 1070. The molecule has 0 bridgehead atoms. The average Bonchev–Trinajstić information content (AvgIpc) is 3.36. The molecule has 1 aliphatic rings. The van der Waals surface area contributed by atoms with E-state index in [-0.39, 0.29) is 5.91 Å². The van der Waals surface area contributed by atoms with Gasteiger partial charge in [0.15, 0.2) is 0 Å². The van der Waals surface area contributed by atoms with Crippen LogP contribution in [0.3, 0.4) is 0 Å². The number of rotatable bonds is 3. The van der Waals surface area contributed by atoms with Gasteiger partial charge in [-0.05, 0) is 48.2 Å². The van der Waals surface area contributed by atoms with E-state index in [1.807, 2.05) is 30.5 Å². The van der Waals surface area contributed by atoms with Gasteiger partial charge < -0.3 is 14.7 Å². The van der Waals surface area contributed by atoms with Crippen LogP contribution in [0.2, 0.25) is 0 Å². The summed E-state index contributed by atoms with van der Waals surface area (Å²) < 4.78 is 5.24. The van der Waals surface area contributed by atoms with Crippen molar-refractivity contribution < 1.29 is 9.21 Å². The summed E-state index contributed by atoms with van der Waals surface area (Å²) in [5.74, 6) is 0.615. The number of aryl methyl sites for hydroxylation is 2. The smallest absolute Gasteiger partial charge is 0.251 e. The number of furan rings is 1. The van der Waals surface area contributed by atoms with Gasteiger partial charge in [0.2, 0.25) is 0 Å². The molecule has 0 saturated carbocycles. The predicted octanol–water partition coefficient (Wildman–Crippen LogP) is 3.18. The minimum absolute atomic E-state index is 0.117. The topological polar surface area (TPSA) is 86.7 Å². The molecule has 124 valence electrons. The van der Waals surface area contributed by atoms with Crippen LogP contribution in [0.1, 0.15) is 27.2 Å². The van der Waals surface area contributed by atoms with Crippen LogP contribution in [0.15, 0.2) is 47.2 Å². The molecular formula is C19H16N4O2. The van der Waals surface area contributed by atoms with Gasteiger partial charge in [0.05, 0.1) is 30.4 Å². The Kier molecular flexibility index (Phi) is 3.03. The number of fused-ring (bicyclic) bond motifs is 5. The second-order valence-electron chi connectivity index (χ2n) is 6.27. The Morgan fingerprint density at radius 3 is 3.08 bits per heavy atom. The van der Waals surface area contributed by atoms with Gasteiger partial charge in [-0.15, -0.1) is 0 Å². The van der Waals surface area contributed by atoms with Crippen molar-refractivity contribution in [2.75, 3.05) is 0 Å². The number of nitrogens with one attached hydrogen (secondary N) is 3. The molecule has 1 amide bonds. The Morgan fingerprint density at radius 2 is 2.20 bits per heavy atom. The van der Waals surface area contributed by atoms with Gasteiger partial charge >= 0.3 is 0 Å². The van der Waals surface area contributed by atoms with Crippen molar-refractivity contribution in [3.63, 3.8) is 0 Å². The second-order valence-corrected chi connectivity index (χ2v) is 6.27. The lowest BCUT2D eigenvalue weighted by Gasteiger charge is -2.11. The third-order valence-corrected chi connectivity index (χ3v) is 4.78. The average molecular weight is 332 g/mol. The van der Waals surface area contributed by atoms with Crippen LogP contribution in [-0.2, 0) is 19.4 Å². The Hall–Kier alpha value is -3.28. The van der Waals surface area contributed by atoms with Crippen molar-refractivity contribution >= 4 is 16.8 Å². The highest BCUT2D eigenvalue weighted by atomic mass is 16.3. The molecule has 1 aromatic carbocycles. The molecule has 1 aliphatic carbocycles. The van der Waals surface area contributed by atoms with Gasteiger partial charge in [-0.1, -0.05) is 6.07 Å². The van der Waals surface area contributed by atoms with Crippen LogP contribution in [0.5, 0.6) is 0 Å². The molecule has 0 atom stereocenters. The first kappa shape index (κ1) is 14.1. The van der Waals surface area contributed by atoms with Gasteiger partial charge in [0.25, 0.3) is 5.91 Å². The van der Waals surface area contributed by atoms with Crippen LogP contribution in [0, 0.1) is 0 Å². The normalized spacial score (nSPS) is 12.8. The number of carbonyl (C=O) groups is 1. The van der Waals surface area contributed by atoms with Gasteiger partial charge in [-0.25, -0.2) is 0 Å². The van der Waals surface area contributed by atoms with Crippen LogP contribution in [0.25, 0.3) is 22.3 Å². The molecular weight excluding hydrogens is 316 g/mol. The van der Waals surface area contributed by atoms with E-state index >= 15 is 0 Å². The van der Waals surface area contributed by atoms with Crippen LogP contribution < -0.4 is 5.32 Å². The molecule has 0 fully saturated rings. The fourth-order valence-electron chi connectivity index (χ4n) is 3.53. The molecule has 6 nitrogen and oxygen atoms in total. The van der Waals surface area contributed by atoms with Crippen LogP contribution >= 0.6 is 0 Å². The minimum Gasteiger partial charge on any atom is -0.467 e. The van der Waals surface area contributed by atoms with Crippen molar-refractivity contribution in [1.82, 2.24) is 20.5 Å². The zero-order valence-corrected chi connectivity index (χ0v) is 13.4. The third-order valence-electron chi connectivity index (χ3n) is 4.78. The van der Waals surface area contributed by atoms with Gasteiger partial charge in [0, 0.05) is 16.5 Å². The first-order valence-electron chi connectivity index (χ1n) is 8.27. The number of H-pyrrole nitrogens is 2. The molecule has 3 N–H and O–H groups in total. The molecule has 0 saturated heterocycles. The number of hydrogen-bond donors (Lipinski definition) is 3. The van der Waals surface area contributed by atoms with E-state index in [1.165, 1.54) is 11.1 Å². The van der Waals surface area contributed by atoms with E-state index in [9.17, 15) is 4.79 Å². The Balaban J connectivity index is 1.47. The highest BCUT2D eigenvalue weighted by molar-refractivity contribution is 6.00. The number of benzene rings is 1. The van der Waals surface area contributed by atoms with E-state index in [2.05, 4.69) is 20.5 Å². The van der Waals surface area contributed by atoms with E-state index in [4.69, 9.17) is 4.42 Å².